The van der Waals surface area contributed by atoms with Gasteiger partial charge in [-0.25, -0.2) is 4.79 Å². The van der Waals surface area contributed by atoms with Gasteiger partial charge in [0.25, 0.3) is 5.91 Å². The fraction of sp³-hybridized carbons (Fsp3) is 0.0714. The van der Waals surface area contributed by atoms with Crippen LogP contribution in [0, 0.1) is 0 Å². The molecule has 0 saturated heterocycles. The van der Waals surface area contributed by atoms with Gasteiger partial charge in [0, 0.05) is 0 Å². The van der Waals surface area contributed by atoms with E-state index in [1.54, 1.807) is 24.3 Å². The van der Waals surface area contributed by atoms with Crippen molar-refractivity contribution in [2.24, 2.45) is 0 Å². The second kappa shape index (κ2) is 10.8. The molecule has 0 aromatic heterocycles. The number of hydrogen-bond donors (Lipinski definition) is 1. The third-order valence-electron chi connectivity index (χ3n) is 4.95. The average molecular weight is 437 g/mol. The highest BCUT2D eigenvalue weighted by atomic mass is 16.5. The molecule has 0 unspecified atom stereocenters. The number of nitrogens with one attached hydrogen (secondary N) is 1. The van der Waals surface area contributed by atoms with E-state index in [2.05, 4.69) is 5.32 Å². The largest absolute Gasteiger partial charge is 0.457 e. The van der Waals surface area contributed by atoms with Gasteiger partial charge in [0.15, 0.2) is 6.61 Å². The minimum absolute atomic E-state index is 0.305. The quantitative estimate of drug-likeness (QED) is 0.368. The highest BCUT2D eigenvalue weighted by Gasteiger charge is 2.18. The maximum atomic E-state index is 12.6. The number of ether oxygens (including phenoxy) is 2. The Labute approximate surface area is 192 Å². The number of rotatable bonds is 8. The van der Waals surface area contributed by atoms with Crippen molar-refractivity contribution in [2.45, 2.75) is 6.04 Å². The number of amides is 1. The Morgan fingerprint density at radius 2 is 1.21 bits per heavy atom. The van der Waals surface area contributed by atoms with Crippen LogP contribution in [0.3, 0.4) is 0 Å². The number of benzene rings is 4. The van der Waals surface area contributed by atoms with Crippen LogP contribution in [-0.4, -0.2) is 18.5 Å². The summed E-state index contributed by atoms with van der Waals surface area (Å²) in [5.74, 6) is 0.181. The molecule has 0 aliphatic heterocycles. The molecule has 4 rings (SSSR count). The second-order valence-corrected chi connectivity index (χ2v) is 7.34. The Hall–Kier alpha value is -4.38. The highest BCUT2D eigenvalue weighted by Crippen LogP contribution is 2.23. The number of carbonyl (C=O) groups is 2. The molecule has 4 aromatic carbocycles. The summed E-state index contributed by atoms with van der Waals surface area (Å²) in [6.07, 6.45) is 0. The number of esters is 1. The normalized spacial score (nSPS) is 10.5. The molecule has 0 aliphatic carbocycles. The van der Waals surface area contributed by atoms with Crippen molar-refractivity contribution >= 4 is 11.9 Å². The molecule has 0 radical (unpaired) electrons. The molecule has 33 heavy (non-hydrogen) atoms. The Kier molecular flexibility index (Phi) is 7.13. The zero-order valence-corrected chi connectivity index (χ0v) is 17.9. The van der Waals surface area contributed by atoms with Gasteiger partial charge in [0.1, 0.15) is 11.5 Å². The Bertz CT molecular complexity index is 1150. The van der Waals surface area contributed by atoms with Gasteiger partial charge >= 0.3 is 5.97 Å². The molecular weight excluding hydrogens is 414 g/mol. The maximum Gasteiger partial charge on any atom is 0.338 e. The molecule has 0 saturated carbocycles. The van der Waals surface area contributed by atoms with Crippen LogP contribution in [0.2, 0.25) is 0 Å². The monoisotopic (exact) mass is 437 g/mol. The fourth-order valence-corrected chi connectivity index (χ4v) is 3.38. The summed E-state index contributed by atoms with van der Waals surface area (Å²) in [6, 6.07) is 34.9. The Balaban J connectivity index is 1.39. The number of para-hydroxylation sites is 1. The lowest BCUT2D eigenvalue weighted by Gasteiger charge is -2.20. The Morgan fingerprint density at radius 3 is 1.82 bits per heavy atom. The van der Waals surface area contributed by atoms with Crippen molar-refractivity contribution in [2.75, 3.05) is 6.61 Å². The first-order valence-corrected chi connectivity index (χ1v) is 10.6. The predicted molar refractivity (Wildman–Crippen MR) is 126 cm³/mol. The summed E-state index contributed by atoms with van der Waals surface area (Å²) in [6.45, 7) is -0.390. The van der Waals surface area contributed by atoms with Gasteiger partial charge in [0.2, 0.25) is 0 Å². The predicted octanol–water partition coefficient (Wildman–Crippen LogP) is 5.54. The van der Waals surface area contributed by atoms with Crippen LogP contribution in [0.5, 0.6) is 11.5 Å². The molecule has 164 valence electrons. The molecule has 0 aliphatic rings. The summed E-state index contributed by atoms with van der Waals surface area (Å²) in [4.78, 5) is 25.2. The third-order valence-corrected chi connectivity index (χ3v) is 4.95. The van der Waals surface area contributed by atoms with Gasteiger partial charge in [-0.2, -0.15) is 0 Å². The molecule has 0 heterocycles. The van der Waals surface area contributed by atoms with Gasteiger partial charge in [0.05, 0.1) is 11.6 Å². The van der Waals surface area contributed by atoms with E-state index < -0.39 is 18.5 Å². The molecule has 0 fully saturated rings. The van der Waals surface area contributed by atoms with Crippen LogP contribution in [0.25, 0.3) is 0 Å². The van der Waals surface area contributed by atoms with Crippen LogP contribution >= 0.6 is 0 Å². The van der Waals surface area contributed by atoms with Crippen LogP contribution in [0.15, 0.2) is 115 Å². The molecule has 4 aromatic rings. The third kappa shape index (κ3) is 6.08. The van der Waals surface area contributed by atoms with E-state index in [4.69, 9.17) is 9.47 Å². The standard InChI is InChI=1S/C28H23NO4/c30-26(29-27(21-11-4-1-5-12-21)22-13-6-2-7-14-22)20-32-28(31)23-15-10-18-25(19-23)33-24-16-8-3-9-17-24/h1-19,27H,20H2,(H,29,30). The van der Waals surface area contributed by atoms with Gasteiger partial charge in [-0.15, -0.1) is 0 Å². The molecule has 0 spiro atoms. The summed E-state index contributed by atoms with van der Waals surface area (Å²) in [5.41, 5.74) is 2.18. The van der Waals surface area contributed by atoms with Crippen LogP contribution in [0.1, 0.15) is 27.5 Å². The minimum Gasteiger partial charge on any atom is -0.457 e. The van der Waals surface area contributed by atoms with Crippen LogP contribution in [-0.2, 0) is 9.53 Å². The second-order valence-electron chi connectivity index (χ2n) is 7.34. The van der Waals surface area contributed by atoms with E-state index in [0.29, 0.717) is 17.1 Å². The van der Waals surface area contributed by atoms with Crippen LogP contribution < -0.4 is 10.1 Å². The van der Waals surface area contributed by atoms with E-state index >= 15 is 0 Å². The summed E-state index contributed by atoms with van der Waals surface area (Å²) >= 11 is 0. The maximum absolute atomic E-state index is 12.6. The average Bonchev–Trinajstić information content (AvgIpc) is 2.87. The lowest BCUT2D eigenvalue weighted by Crippen LogP contribution is -2.33. The molecule has 1 amide bonds. The van der Waals surface area contributed by atoms with Gasteiger partial charge < -0.3 is 14.8 Å². The Morgan fingerprint density at radius 1 is 0.667 bits per heavy atom. The molecule has 5 heteroatoms. The highest BCUT2D eigenvalue weighted by molar-refractivity contribution is 5.91. The minimum atomic E-state index is -0.598. The van der Waals surface area contributed by atoms with Crippen molar-refractivity contribution in [3.8, 4) is 11.5 Å². The summed E-state index contributed by atoms with van der Waals surface area (Å²) < 4.78 is 11.0. The fourth-order valence-electron chi connectivity index (χ4n) is 3.38. The van der Waals surface area contributed by atoms with Crippen molar-refractivity contribution in [1.29, 1.82) is 0 Å². The van der Waals surface area contributed by atoms with E-state index in [9.17, 15) is 9.59 Å². The van der Waals surface area contributed by atoms with Gasteiger partial charge in [-0.05, 0) is 41.5 Å². The number of carbonyl (C=O) groups excluding carboxylic acids is 2. The lowest BCUT2D eigenvalue weighted by atomic mass is 9.99. The first-order chi connectivity index (χ1) is 16.2. The summed E-state index contributed by atoms with van der Waals surface area (Å²) in [7, 11) is 0. The van der Waals surface area contributed by atoms with Crippen LogP contribution in [0.4, 0.5) is 0 Å². The lowest BCUT2D eigenvalue weighted by molar-refractivity contribution is -0.124. The van der Waals surface area contributed by atoms with E-state index in [0.717, 1.165) is 11.1 Å². The molecule has 0 atom stereocenters. The molecule has 0 bridgehead atoms. The van der Waals surface area contributed by atoms with Crippen molar-refractivity contribution in [3.05, 3.63) is 132 Å². The first kappa shape index (κ1) is 21.8. The molecular formula is C28H23NO4. The molecule has 5 nitrogen and oxygen atoms in total. The van der Waals surface area contributed by atoms with E-state index in [1.807, 2.05) is 91.0 Å². The summed E-state index contributed by atoms with van der Waals surface area (Å²) in [5, 5.41) is 2.96. The zero-order chi connectivity index (χ0) is 22.9. The number of hydrogen-bond acceptors (Lipinski definition) is 4. The first-order valence-electron chi connectivity index (χ1n) is 10.6. The van der Waals surface area contributed by atoms with Crippen molar-refractivity contribution in [3.63, 3.8) is 0 Å². The molecule has 1 N–H and O–H groups in total. The smallest absolute Gasteiger partial charge is 0.338 e. The van der Waals surface area contributed by atoms with Gasteiger partial charge in [-0.3, -0.25) is 4.79 Å². The zero-order valence-electron chi connectivity index (χ0n) is 17.9. The van der Waals surface area contributed by atoms with Crippen molar-refractivity contribution in [1.82, 2.24) is 5.32 Å². The van der Waals surface area contributed by atoms with Gasteiger partial charge in [-0.1, -0.05) is 84.9 Å². The topological polar surface area (TPSA) is 64.6 Å². The van der Waals surface area contributed by atoms with E-state index in [-0.39, 0.29) is 6.04 Å². The van der Waals surface area contributed by atoms with E-state index in [1.165, 1.54) is 0 Å². The van der Waals surface area contributed by atoms with Crippen molar-refractivity contribution < 1.29 is 19.1 Å². The SMILES string of the molecule is O=C(COC(=O)c1cccc(Oc2ccccc2)c1)NC(c1ccccc1)c1ccccc1.